The number of carbonyl (C=O) groups excluding carboxylic acids is 2. The van der Waals surface area contributed by atoms with Crippen LogP contribution in [-0.4, -0.2) is 24.5 Å². The molecule has 0 spiro atoms. The maximum Gasteiger partial charge on any atom is 0.231 e. The Kier molecular flexibility index (Phi) is 4.94. The molecule has 2 amide bonds. The van der Waals surface area contributed by atoms with Crippen LogP contribution in [0.3, 0.4) is 0 Å². The summed E-state index contributed by atoms with van der Waals surface area (Å²) in [6.45, 7) is 0.177. The van der Waals surface area contributed by atoms with E-state index in [0.717, 1.165) is 0 Å². The fourth-order valence-electron chi connectivity index (χ4n) is 2.10. The maximum atomic E-state index is 12.1. The van der Waals surface area contributed by atoms with E-state index in [0.29, 0.717) is 17.9 Å². The summed E-state index contributed by atoms with van der Waals surface area (Å²) in [6, 6.07) is 7.00. The highest BCUT2D eigenvalue weighted by Crippen LogP contribution is 2.26. The lowest BCUT2D eigenvalue weighted by Gasteiger charge is -2.14. The van der Waals surface area contributed by atoms with Gasteiger partial charge in [-0.1, -0.05) is 24.3 Å². The minimum Gasteiger partial charge on any atom is -0.491 e. The highest BCUT2D eigenvalue weighted by atomic mass is 16.5. The summed E-state index contributed by atoms with van der Waals surface area (Å²) in [4.78, 5) is 22.9. The second-order valence-electron chi connectivity index (χ2n) is 4.94. The van der Waals surface area contributed by atoms with Gasteiger partial charge in [0.1, 0.15) is 5.75 Å². The Bertz CT molecular complexity index is 557. The van der Waals surface area contributed by atoms with E-state index in [1.807, 2.05) is 12.2 Å². The van der Waals surface area contributed by atoms with Gasteiger partial charge in [-0.05, 0) is 18.6 Å². The van der Waals surface area contributed by atoms with E-state index in [4.69, 9.17) is 16.2 Å². The predicted molar refractivity (Wildman–Crippen MR) is 79.6 cm³/mol. The zero-order valence-corrected chi connectivity index (χ0v) is 11.6. The van der Waals surface area contributed by atoms with Crippen molar-refractivity contribution in [1.29, 1.82) is 0 Å². The lowest BCUT2D eigenvalue weighted by atomic mass is 10.1. The van der Waals surface area contributed by atoms with Crippen LogP contribution >= 0.6 is 0 Å². The van der Waals surface area contributed by atoms with Gasteiger partial charge in [0.2, 0.25) is 11.8 Å². The molecule has 0 radical (unpaired) electrons. The fraction of sp³-hybridized carbons (Fsp3) is 0.333. The fourth-order valence-corrected chi connectivity index (χ4v) is 2.10. The summed E-state index contributed by atoms with van der Waals surface area (Å²) < 4.78 is 5.47. The van der Waals surface area contributed by atoms with Crippen LogP contribution < -0.4 is 21.5 Å². The molecule has 112 valence electrons. The Morgan fingerprint density at radius 3 is 2.71 bits per heavy atom. The van der Waals surface area contributed by atoms with Crippen LogP contribution in [0.5, 0.6) is 5.75 Å². The molecule has 0 fully saturated rings. The number of carbonyl (C=O) groups is 2. The Hall–Kier alpha value is -2.34. The number of hydrogen-bond acceptors (Lipinski definition) is 4. The van der Waals surface area contributed by atoms with Gasteiger partial charge < -0.3 is 21.5 Å². The smallest absolute Gasteiger partial charge is 0.231 e. The molecule has 1 aromatic carbocycles. The van der Waals surface area contributed by atoms with Crippen molar-refractivity contribution in [1.82, 2.24) is 0 Å². The van der Waals surface area contributed by atoms with Crippen LogP contribution in [0.1, 0.15) is 12.8 Å². The van der Waals surface area contributed by atoms with Gasteiger partial charge in [-0.2, -0.15) is 0 Å². The third kappa shape index (κ3) is 4.32. The van der Waals surface area contributed by atoms with E-state index in [1.54, 1.807) is 24.3 Å². The number of benzene rings is 1. The van der Waals surface area contributed by atoms with Crippen molar-refractivity contribution >= 4 is 17.5 Å². The Morgan fingerprint density at radius 2 is 2.05 bits per heavy atom. The quantitative estimate of drug-likeness (QED) is 0.673. The maximum absolute atomic E-state index is 12.1. The van der Waals surface area contributed by atoms with E-state index >= 15 is 0 Å². The normalized spacial score (nSPS) is 20.2. The van der Waals surface area contributed by atoms with Crippen LogP contribution in [0.15, 0.2) is 36.4 Å². The van der Waals surface area contributed by atoms with Crippen molar-refractivity contribution < 1.29 is 14.3 Å². The first-order valence-electron chi connectivity index (χ1n) is 6.81. The first-order valence-corrected chi connectivity index (χ1v) is 6.81. The minimum absolute atomic E-state index is 0.0668. The Labute approximate surface area is 123 Å². The van der Waals surface area contributed by atoms with Gasteiger partial charge in [-0.25, -0.2) is 0 Å². The highest BCUT2D eigenvalue weighted by Gasteiger charge is 2.23. The first-order chi connectivity index (χ1) is 10.1. The van der Waals surface area contributed by atoms with Crippen LogP contribution in [0, 0.1) is 5.92 Å². The number of rotatable bonds is 6. The van der Waals surface area contributed by atoms with Crippen molar-refractivity contribution in [3.63, 3.8) is 0 Å². The Morgan fingerprint density at radius 1 is 1.29 bits per heavy atom. The highest BCUT2D eigenvalue weighted by molar-refractivity contribution is 5.95. The predicted octanol–water partition coefficient (Wildman–Crippen LogP) is 0.783. The van der Waals surface area contributed by atoms with Gasteiger partial charge in [0.25, 0.3) is 0 Å². The molecular weight excluding hydrogens is 270 g/mol. The summed E-state index contributed by atoms with van der Waals surface area (Å²) >= 11 is 0. The molecule has 0 aliphatic heterocycles. The zero-order valence-electron chi connectivity index (χ0n) is 11.6. The average Bonchev–Trinajstić information content (AvgIpc) is 2.87. The van der Waals surface area contributed by atoms with Gasteiger partial charge in [-0.15, -0.1) is 0 Å². The Balaban J connectivity index is 1.97. The van der Waals surface area contributed by atoms with E-state index in [9.17, 15) is 9.59 Å². The topological polar surface area (TPSA) is 107 Å². The number of ether oxygens (including phenoxy) is 1. The molecular formula is C15H19N3O3. The molecule has 1 aliphatic carbocycles. The molecule has 5 N–H and O–H groups in total. The first kappa shape index (κ1) is 15.1. The van der Waals surface area contributed by atoms with Crippen molar-refractivity contribution in [2.45, 2.75) is 18.9 Å². The number of amides is 2. The standard InChI is InChI=1S/C15H19N3O3/c16-11-6-5-10(9-11)15(20)18-12-3-1-2-4-13(12)21-8-7-14(17)19/h1-6,10-11H,7-9,16H2,(H2,17,19)(H,18,20). The van der Waals surface area contributed by atoms with E-state index in [1.165, 1.54) is 0 Å². The van der Waals surface area contributed by atoms with Gasteiger partial charge in [-0.3, -0.25) is 9.59 Å². The monoisotopic (exact) mass is 289 g/mol. The van der Waals surface area contributed by atoms with Gasteiger partial charge in [0.05, 0.1) is 24.6 Å². The van der Waals surface area contributed by atoms with Gasteiger partial charge in [0.15, 0.2) is 0 Å². The molecule has 0 bridgehead atoms. The van der Waals surface area contributed by atoms with Crippen molar-refractivity contribution in [2.24, 2.45) is 17.4 Å². The summed E-state index contributed by atoms with van der Waals surface area (Å²) in [5.74, 6) is -0.260. The molecule has 1 aromatic rings. The molecule has 0 saturated carbocycles. The number of para-hydroxylation sites is 2. The molecule has 6 nitrogen and oxygen atoms in total. The van der Waals surface area contributed by atoms with Crippen molar-refractivity contribution in [3.05, 3.63) is 36.4 Å². The molecule has 0 saturated heterocycles. The molecule has 21 heavy (non-hydrogen) atoms. The van der Waals surface area contributed by atoms with Crippen molar-refractivity contribution in [3.8, 4) is 5.75 Å². The van der Waals surface area contributed by atoms with Gasteiger partial charge in [0, 0.05) is 6.04 Å². The van der Waals surface area contributed by atoms with E-state index < -0.39 is 5.91 Å². The number of nitrogens with two attached hydrogens (primary N) is 2. The number of nitrogens with one attached hydrogen (secondary N) is 1. The molecule has 2 unspecified atom stereocenters. The largest absolute Gasteiger partial charge is 0.491 e. The van der Waals surface area contributed by atoms with Crippen molar-refractivity contribution in [2.75, 3.05) is 11.9 Å². The number of primary amides is 1. The van der Waals surface area contributed by atoms with Crippen LogP contribution in [0.4, 0.5) is 5.69 Å². The van der Waals surface area contributed by atoms with Crippen LogP contribution in [0.2, 0.25) is 0 Å². The third-order valence-corrected chi connectivity index (χ3v) is 3.20. The van der Waals surface area contributed by atoms with Crippen LogP contribution in [0.25, 0.3) is 0 Å². The average molecular weight is 289 g/mol. The summed E-state index contributed by atoms with van der Waals surface area (Å²) in [5.41, 5.74) is 11.4. The van der Waals surface area contributed by atoms with Gasteiger partial charge >= 0.3 is 0 Å². The molecule has 2 atom stereocenters. The lowest BCUT2D eigenvalue weighted by molar-refractivity contribution is -0.119. The summed E-state index contributed by atoms with van der Waals surface area (Å²) in [6.07, 6.45) is 4.38. The van der Waals surface area contributed by atoms with E-state index in [-0.39, 0.29) is 30.9 Å². The zero-order chi connectivity index (χ0) is 15.2. The third-order valence-electron chi connectivity index (χ3n) is 3.20. The second kappa shape index (κ2) is 6.90. The molecule has 1 aliphatic rings. The lowest BCUT2D eigenvalue weighted by Crippen LogP contribution is -2.24. The number of hydrogen-bond donors (Lipinski definition) is 3. The molecule has 0 aromatic heterocycles. The van der Waals surface area contributed by atoms with E-state index in [2.05, 4.69) is 5.32 Å². The molecule has 6 heteroatoms. The molecule has 2 rings (SSSR count). The summed E-state index contributed by atoms with van der Waals surface area (Å²) in [5, 5.41) is 2.82. The molecule has 0 heterocycles. The SMILES string of the molecule is NC(=O)CCOc1ccccc1NC(=O)C1C=CC(N)C1. The van der Waals surface area contributed by atoms with Crippen LogP contribution in [-0.2, 0) is 9.59 Å². The minimum atomic E-state index is -0.429. The number of anilines is 1. The summed E-state index contributed by atoms with van der Waals surface area (Å²) in [7, 11) is 0. The second-order valence-corrected chi connectivity index (χ2v) is 4.94.